The van der Waals surface area contributed by atoms with Crippen LogP contribution in [0.3, 0.4) is 0 Å². The van der Waals surface area contributed by atoms with Gasteiger partial charge in [-0.05, 0) is 24.3 Å². The summed E-state index contributed by atoms with van der Waals surface area (Å²) >= 11 is 0. The molecule has 0 N–H and O–H groups in total. The highest BCUT2D eigenvalue weighted by atomic mass is 16.5. The molecule has 0 amide bonds. The molecule has 0 aliphatic rings. The number of ketones is 1. The molecule has 4 heteroatoms. The minimum absolute atomic E-state index is 0.137. The van der Waals surface area contributed by atoms with E-state index in [1.165, 1.54) is 0 Å². The maximum atomic E-state index is 12.1. The second-order valence-corrected chi connectivity index (χ2v) is 4.55. The molecule has 3 rings (SSSR count). The normalized spacial score (nSPS) is 10.5. The van der Waals surface area contributed by atoms with Gasteiger partial charge in [0.05, 0.1) is 0 Å². The highest BCUT2D eigenvalue weighted by molar-refractivity contribution is 5.98. The highest BCUT2D eigenvalue weighted by Crippen LogP contribution is 2.19. The van der Waals surface area contributed by atoms with E-state index in [0.29, 0.717) is 16.9 Å². The SMILES string of the molecule is O=Cc1cccc(OCC(=O)c2cc3ccccc3o2)c1. The zero-order chi connectivity index (χ0) is 14.7. The number of rotatable bonds is 5. The van der Waals surface area contributed by atoms with Crippen molar-refractivity contribution >= 4 is 23.0 Å². The summed E-state index contributed by atoms with van der Waals surface area (Å²) in [6, 6.07) is 15.8. The second-order valence-electron chi connectivity index (χ2n) is 4.55. The van der Waals surface area contributed by atoms with E-state index >= 15 is 0 Å². The monoisotopic (exact) mass is 280 g/mol. The van der Waals surface area contributed by atoms with Gasteiger partial charge in [-0.25, -0.2) is 0 Å². The first-order valence-electron chi connectivity index (χ1n) is 6.46. The Balaban J connectivity index is 1.72. The van der Waals surface area contributed by atoms with Gasteiger partial charge in [0, 0.05) is 10.9 Å². The fraction of sp³-hybridized carbons (Fsp3) is 0.0588. The molecule has 0 saturated heterocycles. The Bertz CT molecular complexity index is 768. The second kappa shape index (κ2) is 5.63. The molecular weight excluding hydrogens is 268 g/mol. The molecule has 1 heterocycles. The van der Waals surface area contributed by atoms with Crippen LogP contribution in [0.1, 0.15) is 20.9 Å². The molecule has 0 saturated carbocycles. The average molecular weight is 280 g/mol. The number of aldehydes is 1. The molecule has 0 aliphatic heterocycles. The number of fused-ring (bicyclic) bond motifs is 1. The molecule has 0 spiro atoms. The minimum atomic E-state index is -0.247. The van der Waals surface area contributed by atoms with Crippen molar-refractivity contribution in [2.24, 2.45) is 0 Å². The lowest BCUT2D eigenvalue weighted by Gasteiger charge is -2.04. The molecular formula is C17H12O4. The van der Waals surface area contributed by atoms with E-state index in [4.69, 9.17) is 9.15 Å². The number of carbonyl (C=O) groups is 2. The quantitative estimate of drug-likeness (QED) is 0.530. The highest BCUT2D eigenvalue weighted by Gasteiger charge is 2.13. The van der Waals surface area contributed by atoms with Gasteiger partial charge >= 0.3 is 0 Å². The van der Waals surface area contributed by atoms with Gasteiger partial charge in [0.1, 0.15) is 17.6 Å². The van der Waals surface area contributed by atoms with Crippen molar-refractivity contribution in [3.05, 3.63) is 65.9 Å². The molecule has 0 aliphatic carbocycles. The average Bonchev–Trinajstić information content (AvgIpc) is 2.97. The van der Waals surface area contributed by atoms with Crippen molar-refractivity contribution in [2.75, 3.05) is 6.61 Å². The van der Waals surface area contributed by atoms with E-state index in [1.54, 1.807) is 36.4 Å². The van der Waals surface area contributed by atoms with E-state index in [2.05, 4.69) is 0 Å². The van der Waals surface area contributed by atoms with E-state index in [0.717, 1.165) is 11.7 Å². The third kappa shape index (κ3) is 2.84. The number of benzene rings is 2. The molecule has 0 fully saturated rings. The lowest BCUT2D eigenvalue weighted by molar-refractivity contribution is 0.0896. The third-order valence-corrected chi connectivity index (χ3v) is 3.06. The Morgan fingerprint density at radius 3 is 2.76 bits per heavy atom. The summed E-state index contributed by atoms with van der Waals surface area (Å²) in [5.41, 5.74) is 1.17. The summed E-state index contributed by atoms with van der Waals surface area (Å²) in [7, 11) is 0. The molecule has 0 bridgehead atoms. The predicted octanol–water partition coefficient (Wildman–Crippen LogP) is 3.51. The van der Waals surface area contributed by atoms with Gasteiger partial charge in [-0.3, -0.25) is 9.59 Å². The Labute approximate surface area is 120 Å². The predicted molar refractivity (Wildman–Crippen MR) is 77.9 cm³/mol. The fourth-order valence-electron chi connectivity index (χ4n) is 2.02. The van der Waals surface area contributed by atoms with Crippen LogP contribution in [0.4, 0.5) is 0 Å². The summed E-state index contributed by atoms with van der Waals surface area (Å²) in [4.78, 5) is 22.7. The van der Waals surface area contributed by atoms with E-state index in [9.17, 15) is 9.59 Å². The van der Waals surface area contributed by atoms with Crippen LogP contribution < -0.4 is 4.74 Å². The molecule has 0 unspecified atom stereocenters. The molecule has 2 aromatic carbocycles. The zero-order valence-electron chi connectivity index (χ0n) is 11.1. The van der Waals surface area contributed by atoms with Crippen molar-refractivity contribution in [1.29, 1.82) is 0 Å². The molecule has 3 aromatic rings. The molecule has 1 aromatic heterocycles. The summed E-state index contributed by atoms with van der Waals surface area (Å²) in [5, 5.41) is 0.879. The van der Waals surface area contributed by atoms with Gasteiger partial charge < -0.3 is 9.15 Å². The van der Waals surface area contributed by atoms with Gasteiger partial charge in [-0.2, -0.15) is 0 Å². The van der Waals surface area contributed by atoms with Crippen LogP contribution in [0.5, 0.6) is 5.75 Å². The molecule has 4 nitrogen and oxygen atoms in total. The smallest absolute Gasteiger partial charge is 0.235 e. The number of carbonyl (C=O) groups excluding carboxylic acids is 2. The van der Waals surface area contributed by atoms with Crippen LogP contribution in [-0.2, 0) is 0 Å². The maximum Gasteiger partial charge on any atom is 0.235 e. The zero-order valence-corrected chi connectivity index (χ0v) is 11.1. The lowest BCUT2D eigenvalue weighted by atomic mass is 10.2. The Morgan fingerprint density at radius 2 is 1.95 bits per heavy atom. The van der Waals surface area contributed by atoms with Crippen LogP contribution in [0, 0.1) is 0 Å². The van der Waals surface area contributed by atoms with E-state index in [-0.39, 0.29) is 18.2 Å². The molecule has 0 atom stereocenters. The number of para-hydroxylation sites is 1. The summed E-state index contributed by atoms with van der Waals surface area (Å²) in [5.74, 6) is 0.495. The van der Waals surface area contributed by atoms with Crippen molar-refractivity contribution in [3.8, 4) is 5.75 Å². The number of furan rings is 1. The van der Waals surface area contributed by atoms with Crippen molar-refractivity contribution in [2.45, 2.75) is 0 Å². The van der Waals surface area contributed by atoms with Gasteiger partial charge in [-0.1, -0.05) is 30.3 Å². The lowest BCUT2D eigenvalue weighted by Crippen LogP contribution is -2.10. The maximum absolute atomic E-state index is 12.1. The summed E-state index contributed by atoms with van der Waals surface area (Å²) < 4.78 is 10.9. The first-order valence-corrected chi connectivity index (χ1v) is 6.46. The molecule has 0 radical (unpaired) electrons. The van der Waals surface area contributed by atoms with Crippen molar-refractivity contribution in [1.82, 2.24) is 0 Å². The van der Waals surface area contributed by atoms with Crippen LogP contribution in [0.25, 0.3) is 11.0 Å². The van der Waals surface area contributed by atoms with E-state index in [1.807, 2.05) is 18.2 Å². The Morgan fingerprint density at radius 1 is 1.10 bits per heavy atom. The number of hydrogen-bond donors (Lipinski definition) is 0. The van der Waals surface area contributed by atoms with Crippen LogP contribution in [-0.4, -0.2) is 18.7 Å². The fourth-order valence-corrected chi connectivity index (χ4v) is 2.02. The largest absolute Gasteiger partial charge is 0.485 e. The Kier molecular flexibility index (Phi) is 3.51. The molecule has 21 heavy (non-hydrogen) atoms. The van der Waals surface area contributed by atoms with Gasteiger partial charge in [-0.15, -0.1) is 0 Å². The van der Waals surface area contributed by atoms with Gasteiger partial charge in [0.2, 0.25) is 5.78 Å². The van der Waals surface area contributed by atoms with E-state index < -0.39 is 0 Å². The van der Waals surface area contributed by atoms with Crippen LogP contribution in [0.15, 0.2) is 59.0 Å². The van der Waals surface area contributed by atoms with Gasteiger partial charge in [0.15, 0.2) is 12.4 Å². The minimum Gasteiger partial charge on any atom is -0.485 e. The topological polar surface area (TPSA) is 56.5 Å². The van der Waals surface area contributed by atoms with Gasteiger partial charge in [0.25, 0.3) is 0 Å². The number of ether oxygens (including phenoxy) is 1. The number of hydrogen-bond acceptors (Lipinski definition) is 4. The summed E-state index contributed by atoms with van der Waals surface area (Å²) in [6.45, 7) is -0.137. The van der Waals surface area contributed by atoms with Crippen molar-refractivity contribution < 1.29 is 18.7 Å². The standard InChI is InChI=1S/C17H12O4/c18-10-12-4-3-6-14(8-12)20-11-15(19)17-9-13-5-1-2-7-16(13)21-17/h1-10H,11H2. The van der Waals surface area contributed by atoms with Crippen molar-refractivity contribution in [3.63, 3.8) is 0 Å². The van der Waals surface area contributed by atoms with Crippen LogP contribution >= 0.6 is 0 Å². The first-order chi connectivity index (χ1) is 10.3. The summed E-state index contributed by atoms with van der Waals surface area (Å²) in [6.07, 6.45) is 0.730. The van der Waals surface area contributed by atoms with Crippen LogP contribution in [0.2, 0.25) is 0 Å². The Hall–Kier alpha value is -2.88. The third-order valence-electron chi connectivity index (χ3n) is 3.06. The molecule has 104 valence electrons. The number of Topliss-reactive ketones (excluding diaryl/α,β-unsaturated/α-hetero) is 1. The first kappa shape index (κ1) is 13.1.